The van der Waals surface area contributed by atoms with Crippen LogP contribution < -0.4 is 10.6 Å². The molecule has 3 amide bonds. The maximum atomic E-state index is 13.4. The summed E-state index contributed by atoms with van der Waals surface area (Å²) < 4.78 is 0. The van der Waals surface area contributed by atoms with Gasteiger partial charge in [0.15, 0.2) is 0 Å². The van der Waals surface area contributed by atoms with Crippen LogP contribution in [0.25, 0.3) is 0 Å². The van der Waals surface area contributed by atoms with Gasteiger partial charge in [0, 0.05) is 44.1 Å². The van der Waals surface area contributed by atoms with Gasteiger partial charge in [-0.3, -0.25) is 14.4 Å². The van der Waals surface area contributed by atoms with Crippen molar-refractivity contribution in [3.8, 4) is 0 Å². The number of amides is 3. The van der Waals surface area contributed by atoms with Crippen LogP contribution in [0.15, 0.2) is 60.7 Å². The number of carbonyl (C=O) groups is 3. The molecule has 2 saturated heterocycles. The molecular formula is C28H36N4O3. The fourth-order valence-electron chi connectivity index (χ4n) is 5.57. The molecule has 2 N–H and O–H groups in total. The predicted molar refractivity (Wildman–Crippen MR) is 137 cm³/mol. The number of hydrogen-bond donors (Lipinski definition) is 1. The van der Waals surface area contributed by atoms with Gasteiger partial charge in [-0.15, -0.1) is 0 Å². The molecule has 35 heavy (non-hydrogen) atoms. The minimum atomic E-state index is -0.289. The minimum Gasteiger partial charge on any atom is -0.370 e. The molecule has 0 aliphatic carbocycles. The highest BCUT2D eigenvalue weighted by Crippen LogP contribution is 2.38. The largest absolute Gasteiger partial charge is 0.370 e. The smallest absolute Gasteiger partial charge is 0.232 e. The Morgan fingerprint density at radius 2 is 1.66 bits per heavy atom. The zero-order valence-electron chi connectivity index (χ0n) is 20.6. The number of primary amides is 1. The minimum absolute atomic E-state index is 0.0251. The number of carbonyl (C=O) groups excluding carboxylic acids is 3. The Kier molecular flexibility index (Phi) is 7.86. The van der Waals surface area contributed by atoms with E-state index < -0.39 is 0 Å². The van der Waals surface area contributed by atoms with Crippen molar-refractivity contribution in [1.82, 2.24) is 9.80 Å². The molecule has 7 heteroatoms. The molecule has 2 heterocycles. The summed E-state index contributed by atoms with van der Waals surface area (Å²) in [7, 11) is 1.76. The molecule has 7 nitrogen and oxygen atoms in total. The van der Waals surface area contributed by atoms with Crippen molar-refractivity contribution in [2.45, 2.75) is 37.5 Å². The highest BCUT2D eigenvalue weighted by Gasteiger charge is 2.38. The summed E-state index contributed by atoms with van der Waals surface area (Å²) in [5.74, 6) is -0.488. The van der Waals surface area contributed by atoms with Crippen LogP contribution in [0.4, 0.5) is 5.69 Å². The van der Waals surface area contributed by atoms with Gasteiger partial charge in [0.2, 0.25) is 17.7 Å². The fourth-order valence-corrected chi connectivity index (χ4v) is 5.57. The van der Waals surface area contributed by atoms with Gasteiger partial charge >= 0.3 is 0 Å². The van der Waals surface area contributed by atoms with E-state index in [-0.39, 0.29) is 35.5 Å². The molecule has 0 spiro atoms. The summed E-state index contributed by atoms with van der Waals surface area (Å²) in [6.45, 7) is 3.75. The monoisotopic (exact) mass is 476 g/mol. The first-order valence-electron chi connectivity index (χ1n) is 12.5. The van der Waals surface area contributed by atoms with Gasteiger partial charge in [-0.1, -0.05) is 48.5 Å². The molecule has 0 aromatic heterocycles. The molecule has 2 aliphatic heterocycles. The summed E-state index contributed by atoms with van der Waals surface area (Å²) in [4.78, 5) is 43.1. The number of piperidine rings is 1. The highest BCUT2D eigenvalue weighted by atomic mass is 16.2. The second-order valence-electron chi connectivity index (χ2n) is 9.99. The molecule has 186 valence electrons. The van der Waals surface area contributed by atoms with Crippen molar-refractivity contribution in [1.29, 1.82) is 0 Å². The summed E-state index contributed by atoms with van der Waals surface area (Å²) in [6.07, 6.45) is 3.27. The van der Waals surface area contributed by atoms with Gasteiger partial charge in [0.25, 0.3) is 0 Å². The van der Waals surface area contributed by atoms with Crippen LogP contribution >= 0.6 is 0 Å². The number of nitrogens with zero attached hydrogens (tertiary/aromatic N) is 3. The number of likely N-dealkylation sites (tertiary alicyclic amines) is 2. The van der Waals surface area contributed by atoms with E-state index in [0.29, 0.717) is 19.5 Å². The van der Waals surface area contributed by atoms with Crippen LogP contribution in [0.2, 0.25) is 0 Å². The highest BCUT2D eigenvalue weighted by molar-refractivity contribution is 5.99. The lowest BCUT2D eigenvalue weighted by Gasteiger charge is -2.42. The van der Waals surface area contributed by atoms with E-state index in [4.69, 9.17) is 5.73 Å². The van der Waals surface area contributed by atoms with E-state index in [0.717, 1.165) is 44.6 Å². The fraction of sp³-hybridized carbons (Fsp3) is 0.464. The van der Waals surface area contributed by atoms with Gasteiger partial charge in [-0.2, -0.15) is 0 Å². The summed E-state index contributed by atoms with van der Waals surface area (Å²) in [5.41, 5.74) is 7.50. The maximum absolute atomic E-state index is 13.4. The van der Waals surface area contributed by atoms with Crippen molar-refractivity contribution in [2.24, 2.45) is 11.7 Å². The van der Waals surface area contributed by atoms with E-state index in [1.54, 1.807) is 11.9 Å². The quantitative estimate of drug-likeness (QED) is 0.603. The van der Waals surface area contributed by atoms with Crippen LogP contribution in [0.5, 0.6) is 0 Å². The van der Waals surface area contributed by atoms with Crippen LogP contribution in [-0.4, -0.2) is 67.3 Å². The molecule has 0 radical (unpaired) electrons. The molecule has 2 fully saturated rings. The number of nitrogens with two attached hydrogens (primary N) is 1. The van der Waals surface area contributed by atoms with Gasteiger partial charge in [-0.05, 0) is 56.6 Å². The molecule has 4 rings (SSSR count). The van der Waals surface area contributed by atoms with E-state index in [2.05, 4.69) is 17.0 Å². The molecule has 1 atom stereocenters. The standard InChI is InChI=1S/C28H36N4O3/c1-30-21-22(19-26(30)34)27(35)32(24-11-6-3-7-12-24)16-8-15-31-17-13-28(14-18-31,20-25(29)33)23-9-4-2-5-10-23/h2-7,9-12,22H,8,13-21H2,1H3,(H2,29,33). The Bertz CT molecular complexity index is 1020. The Hall–Kier alpha value is -3.19. The topological polar surface area (TPSA) is 86.9 Å². The van der Waals surface area contributed by atoms with Crippen LogP contribution in [0, 0.1) is 5.92 Å². The van der Waals surface area contributed by atoms with Crippen molar-refractivity contribution in [3.63, 3.8) is 0 Å². The third-order valence-electron chi connectivity index (χ3n) is 7.59. The maximum Gasteiger partial charge on any atom is 0.232 e. The summed E-state index contributed by atoms with van der Waals surface area (Å²) >= 11 is 0. The molecule has 2 aromatic rings. The first-order chi connectivity index (χ1) is 16.9. The lowest BCUT2D eigenvalue weighted by molar-refractivity contribution is -0.127. The zero-order valence-corrected chi connectivity index (χ0v) is 20.6. The van der Waals surface area contributed by atoms with Gasteiger partial charge in [-0.25, -0.2) is 0 Å². The number of rotatable bonds is 9. The summed E-state index contributed by atoms with van der Waals surface area (Å²) in [5, 5.41) is 0. The average molecular weight is 477 g/mol. The van der Waals surface area contributed by atoms with Crippen molar-refractivity contribution in [2.75, 3.05) is 44.7 Å². The molecular weight excluding hydrogens is 440 g/mol. The average Bonchev–Trinajstić information content (AvgIpc) is 3.21. The second kappa shape index (κ2) is 11.0. The molecule has 0 bridgehead atoms. The Balaban J connectivity index is 1.36. The van der Waals surface area contributed by atoms with Gasteiger partial charge < -0.3 is 20.4 Å². The lowest BCUT2D eigenvalue weighted by atomic mass is 9.70. The van der Waals surface area contributed by atoms with E-state index in [1.807, 2.05) is 53.4 Å². The predicted octanol–water partition coefficient (Wildman–Crippen LogP) is 2.80. The molecule has 0 saturated carbocycles. The van der Waals surface area contributed by atoms with Crippen molar-refractivity contribution < 1.29 is 14.4 Å². The van der Waals surface area contributed by atoms with Crippen molar-refractivity contribution >= 4 is 23.4 Å². The molecule has 1 unspecified atom stereocenters. The van der Waals surface area contributed by atoms with Crippen LogP contribution in [-0.2, 0) is 19.8 Å². The number of anilines is 1. The first kappa shape index (κ1) is 24.9. The van der Waals surface area contributed by atoms with E-state index in [9.17, 15) is 14.4 Å². The SMILES string of the molecule is CN1CC(C(=O)N(CCCN2CCC(CC(N)=O)(c3ccccc3)CC2)c2ccccc2)CC1=O. The number of hydrogen-bond acceptors (Lipinski definition) is 4. The Morgan fingerprint density at radius 1 is 1.03 bits per heavy atom. The normalized spacial score (nSPS) is 20.1. The third kappa shape index (κ3) is 5.90. The molecule has 2 aromatic carbocycles. The summed E-state index contributed by atoms with van der Waals surface area (Å²) in [6, 6.07) is 20.0. The van der Waals surface area contributed by atoms with Crippen LogP contribution in [0.1, 0.15) is 37.7 Å². The Morgan fingerprint density at radius 3 is 2.23 bits per heavy atom. The van der Waals surface area contributed by atoms with Crippen LogP contribution in [0.3, 0.4) is 0 Å². The van der Waals surface area contributed by atoms with Gasteiger partial charge in [0.05, 0.1) is 5.92 Å². The van der Waals surface area contributed by atoms with Gasteiger partial charge in [0.1, 0.15) is 0 Å². The third-order valence-corrected chi connectivity index (χ3v) is 7.59. The lowest BCUT2D eigenvalue weighted by Crippen LogP contribution is -2.45. The molecule has 2 aliphatic rings. The number of benzene rings is 2. The number of para-hydroxylation sites is 1. The first-order valence-corrected chi connectivity index (χ1v) is 12.5. The van der Waals surface area contributed by atoms with E-state index >= 15 is 0 Å². The van der Waals surface area contributed by atoms with Crippen molar-refractivity contribution in [3.05, 3.63) is 66.2 Å². The zero-order chi connectivity index (χ0) is 24.8. The second-order valence-corrected chi connectivity index (χ2v) is 9.99. The Labute approximate surface area is 207 Å². The van der Waals surface area contributed by atoms with E-state index in [1.165, 1.54) is 5.56 Å².